The van der Waals surface area contributed by atoms with E-state index in [4.69, 9.17) is 9.26 Å². The zero-order valence-corrected chi connectivity index (χ0v) is 16.0. The summed E-state index contributed by atoms with van der Waals surface area (Å²) in [6.07, 6.45) is 5.87. The van der Waals surface area contributed by atoms with Crippen molar-refractivity contribution in [2.75, 3.05) is 11.9 Å². The molecule has 0 spiro atoms. The fourth-order valence-electron chi connectivity index (χ4n) is 5.91. The topological polar surface area (TPSA) is 102 Å². The second-order valence-corrected chi connectivity index (χ2v) is 9.34. The molecule has 1 aromatic rings. The molecule has 148 valence electrons. The first-order valence-corrected chi connectivity index (χ1v) is 9.89. The molecule has 27 heavy (non-hydrogen) atoms. The Bertz CT molecular complexity index is 726. The lowest BCUT2D eigenvalue weighted by Crippen LogP contribution is -2.56. The number of nitrogens with one attached hydrogen (secondary N) is 1. The van der Waals surface area contributed by atoms with E-state index in [9.17, 15) is 14.7 Å². The number of amides is 1. The molecule has 5 rings (SSSR count). The number of hydrogen-bond acceptors (Lipinski definition) is 6. The Kier molecular flexibility index (Phi) is 4.53. The van der Waals surface area contributed by atoms with Crippen LogP contribution in [0.25, 0.3) is 0 Å². The van der Waals surface area contributed by atoms with E-state index in [1.807, 2.05) is 13.8 Å². The van der Waals surface area contributed by atoms with Crippen LogP contribution in [0.1, 0.15) is 70.4 Å². The molecule has 7 heteroatoms. The summed E-state index contributed by atoms with van der Waals surface area (Å²) >= 11 is 0. The first-order chi connectivity index (χ1) is 12.7. The fraction of sp³-hybridized carbons (Fsp3) is 0.750. The molecule has 4 aliphatic rings. The molecule has 1 amide bonds. The number of nitrogens with zero attached hydrogens (tertiary/aromatic N) is 1. The smallest absolute Gasteiger partial charge is 0.306 e. The van der Waals surface area contributed by atoms with Gasteiger partial charge in [-0.1, -0.05) is 19.0 Å². The van der Waals surface area contributed by atoms with E-state index >= 15 is 0 Å². The van der Waals surface area contributed by atoms with Crippen molar-refractivity contribution in [1.29, 1.82) is 0 Å². The van der Waals surface area contributed by atoms with Crippen molar-refractivity contribution < 1.29 is 24.0 Å². The zero-order valence-electron chi connectivity index (χ0n) is 16.0. The van der Waals surface area contributed by atoms with Crippen LogP contribution < -0.4 is 5.32 Å². The highest BCUT2D eigenvalue weighted by molar-refractivity contribution is 5.91. The molecule has 2 atom stereocenters. The first-order valence-electron chi connectivity index (χ1n) is 9.89. The SMILES string of the molecule is CC(C)c1cc(NC(=O)COC(=O)CC23CC4CC(CC(O)(C4)C2)C3)on1. The number of aromatic nitrogens is 1. The molecule has 0 saturated heterocycles. The van der Waals surface area contributed by atoms with Crippen LogP contribution in [0.5, 0.6) is 0 Å². The van der Waals surface area contributed by atoms with E-state index < -0.39 is 11.5 Å². The fourth-order valence-corrected chi connectivity index (χ4v) is 5.91. The summed E-state index contributed by atoms with van der Waals surface area (Å²) in [5, 5.41) is 17.2. The van der Waals surface area contributed by atoms with Gasteiger partial charge in [0.25, 0.3) is 5.91 Å². The van der Waals surface area contributed by atoms with Gasteiger partial charge in [0, 0.05) is 6.07 Å². The molecule has 4 bridgehead atoms. The van der Waals surface area contributed by atoms with Gasteiger partial charge in [-0.05, 0) is 61.7 Å². The third-order valence-corrected chi connectivity index (χ3v) is 6.42. The third kappa shape index (κ3) is 3.88. The molecule has 1 heterocycles. The number of carbonyl (C=O) groups is 2. The van der Waals surface area contributed by atoms with Crippen LogP contribution in [-0.2, 0) is 14.3 Å². The second-order valence-electron chi connectivity index (χ2n) is 9.34. The average Bonchev–Trinajstić information content (AvgIpc) is 2.99. The highest BCUT2D eigenvalue weighted by atomic mass is 16.5. The van der Waals surface area contributed by atoms with E-state index in [2.05, 4.69) is 10.5 Å². The van der Waals surface area contributed by atoms with Gasteiger partial charge in [-0.15, -0.1) is 0 Å². The highest BCUT2D eigenvalue weighted by Crippen LogP contribution is 2.62. The number of hydrogen-bond donors (Lipinski definition) is 2. The minimum absolute atomic E-state index is 0.149. The number of esters is 1. The Morgan fingerprint density at radius 1 is 1.33 bits per heavy atom. The van der Waals surface area contributed by atoms with E-state index in [-0.39, 0.29) is 36.2 Å². The van der Waals surface area contributed by atoms with E-state index in [0.717, 1.165) is 31.4 Å². The molecule has 0 radical (unpaired) electrons. The van der Waals surface area contributed by atoms with Gasteiger partial charge in [0.05, 0.1) is 17.7 Å². The number of ether oxygens (including phenoxy) is 1. The maximum absolute atomic E-state index is 12.4. The van der Waals surface area contributed by atoms with Crippen molar-refractivity contribution in [3.8, 4) is 0 Å². The maximum Gasteiger partial charge on any atom is 0.306 e. The minimum atomic E-state index is -0.595. The van der Waals surface area contributed by atoms with Crippen LogP contribution >= 0.6 is 0 Å². The van der Waals surface area contributed by atoms with Gasteiger partial charge < -0.3 is 14.4 Å². The zero-order chi connectivity index (χ0) is 19.2. The van der Waals surface area contributed by atoms with Crippen LogP contribution in [0.2, 0.25) is 0 Å². The Morgan fingerprint density at radius 2 is 2.04 bits per heavy atom. The normalized spacial score (nSPS) is 34.1. The quantitative estimate of drug-likeness (QED) is 0.740. The van der Waals surface area contributed by atoms with Gasteiger partial charge in [-0.2, -0.15) is 0 Å². The second kappa shape index (κ2) is 6.62. The molecular weight excluding hydrogens is 348 g/mol. The van der Waals surface area contributed by atoms with Gasteiger partial charge >= 0.3 is 5.97 Å². The third-order valence-electron chi connectivity index (χ3n) is 6.42. The molecule has 2 N–H and O–H groups in total. The predicted octanol–water partition coefficient (Wildman–Crippen LogP) is 3.00. The number of anilines is 1. The van der Waals surface area contributed by atoms with Crippen LogP contribution in [0.4, 0.5) is 5.88 Å². The van der Waals surface area contributed by atoms with Crippen LogP contribution in [0, 0.1) is 17.3 Å². The summed E-state index contributed by atoms with van der Waals surface area (Å²) in [7, 11) is 0. The molecule has 0 aliphatic heterocycles. The Balaban J connectivity index is 1.28. The van der Waals surface area contributed by atoms with Gasteiger partial charge in [0.15, 0.2) is 6.61 Å². The predicted molar refractivity (Wildman–Crippen MR) is 96.9 cm³/mol. The van der Waals surface area contributed by atoms with Crippen molar-refractivity contribution in [2.45, 2.75) is 70.3 Å². The minimum Gasteiger partial charge on any atom is -0.456 e. The number of aliphatic hydroxyl groups is 1. The molecular formula is C20H28N2O5. The Hall–Kier alpha value is -1.89. The molecule has 0 aromatic carbocycles. The van der Waals surface area contributed by atoms with E-state index in [1.165, 1.54) is 6.42 Å². The first kappa shape index (κ1) is 18.5. The monoisotopic (exact) mass is 376 g/mol. The molecule has 2 unspecified atom stereocenters. The van der Waals surface area contributed by atoms with Crippen molar-refractivity contribution in [3.63, 3.8) is 0 Å². The molecule has 1 aromatic heterocycles. The maximum atomic E-state index is 12.4. The van der Waals surface area contributed by atoms with Crippen molar-refractivity contribution >= 4 is 17.8 Å². The van der Waals surface area contributed by atoms with Crippen molar-refractivity contribution in [3.05, 3.63) is 11.8 Å². The van der Waals surface area contributed by atoms with Gasteiger partial charge in [0.1, 0.15) is 0 Å². The number of carbonyl (C=O) groups excluding carboxylic acids is 2. The van der Waals surface area contributed by atoms with Crippen molar-refractivity contribution in [2.24, 2.45) is 17.3 Å². The summed E-state index contributed by atoms with van der Waals surface area (Å²) < 4.78 is 10.3. The molecule has 7 nitrogen and oxygen atoms in total. The number of rotatable bonds is 6. The largest absolute Gasteiger partial charge is 0.456 e. The van der Waals surface area contributed by atoms with Crippen LogP contribution in [0.3, 0.4) is 0 Å². The van der Waals surface area contributed by atoms with Crippen LogP contribution in [0.15, 0.2) is 10.6 Å². The van der Waals surface area contributed by atoms with Gasteiger partial charge in [0.2, 0.25) is 5.88 Å². The van der Waals surface area contributed by atoms with Gasteiger partial charge in [-0.3, -0.25) is 14.9 Å². The lowest BCUT2D eigenvalue weighted by Gasteiger charge is -2.60. The van der Waals surface area contributed by atoms with Crippen LogP contribution in [-0.4, -0.2) is 34.3 Å². The average molecular weight is 376 g/mol. The lowest BCUT2D eigenvalue weighted by atomic mass is 9.47. The Morgan fingerprint density at radius 3 is 2.63 bits per heavy atom. The summed E-state index contributed by atoms with van der Waals surface area (Å²) in [4.78, 5) is 24.4. The summed E-state index contributed by atoms with van der Waals surface area (Å²) in [5.41, 5.74) is 0.00748. The van der Waals surface area contributed by atoms with E-state index in [0.29, 0.717) is 18.3 Å². The Labute approximate surface area is 158 Å². The summed E-state index contributed by atoms with van der Waals surface area (Å²) in [6, 6.07) is 1.67. The lowest BCUT2D eigenvalue weighted by molar-refractivity contribution is -0.177. The summed E-state index contributed by atoms with van der Waals surface area (Å²) in [6.45, 7) is 3.61. The highest BCUT2D eigenvalue weighted by Gasteiger charge is 2.57. The van der Waals surface area contributed by atoms with Gasteiger partial charge in [-0.25, -0.2) is 0 Å². The standard InChI is InChI=1S/C20H28N2O5/c1-12(2)15-4-17(27-22-15)21-16(23)10-26-18(24)9-19-5-13-3-14(6-19)8-20(25,7-13)11-19/h4,12-14,25H,3,5-11H2,1-2H3,(H,21,23). The van der Waals surface area contributed by atoms with E-state index in [1.54, 1.807) is 6.07 Å². The molecule has 4 fully saturated rings. The molecule has 4 saturated carbocycles. The molecule has 4 aliphatic carbocycles. The summed E-state index contributed by atoms with van der Waals surface area (Å²) in [5.74, 6) is 0.688. The van der Waals surface area contributed by atoms with Crippen molar-refractivity contribution in [1.82, 2.24) is 5.16 Å².